The number of nitrogens with zero attached hydrogens (tertiary/aromatic N) is 2. The summed E-state index contributed by atoms with van der Waals surface area (Å²) in [6.07, 6.45) is 1.96. The van der Waals surface area contributed by atoms with Crippen molar-refractivity contribution in [2.45, 2.75) is 24.5 Å². The van der Waals surface area contributed by atoms with Gasteiger partial charge in [-0.1, -0.05) is 30.3 Å². The molecule has 6 nitrogen and oxygen atoms in total. The van der Waals surface area contributed by atoms with E-state index in [-0.39, 0.29) is 4.90 Å². The Kier molecular flexibility index (Phi) is 6.23. The molecule has 1 heterocycles. The molecule has 1 aromatic heterocycles. The van der Waals surface area contributed by atoms with Crippen molar-refractivity contribution >= 4 is 20.9 Å². The van der Waals surface area contributed by atoms with Crippen LogP contribution in [0.1, 0.15) is 12.2 Å². The van der Waals surface area contributed by atoms with Gasteiger partial charge < -0.3 is 14.0 Å². The Morgan fingerprint density at radius 1 is 0.839 bits per heavy atom. The predicted octanol–water partition coefficient (Wildman–Crippen LogP) is 4.49. The molecule has 31 heavy (non-hydrogen) atoms. The van der Waals surface area contributed by atoms with Crippen LogP contribution in [0.25, 0.3) is 11.0 Å². The van der Waals surface area contributed by atoms with Gasteiger partial charge in [-0.05, 0) is 55.0 Å². The minimum atomic E-state index is -3.20. The predicted molar refractivity (Wildman–Crippen MR) is 120 cm³/mol. The van der Waals surface area contributed by atoms with Crippen molar-refractivity contribution in [3.05, 3.63) is 84.7 Å². The average molecular weight is 437 g/mol. The van der Waals surface area contributed by atoms with Gasteiger partial charge in [-0.2, -0.15) is 0 Å². The molecule has 0 bridgehead atoms. The number of fused-ring (bicyclic) bond motifs is 1. The van der Waals surface area contributed by atoms with Gasteiger partial charge in [-0.3, -0.25) is 0 Å². The van der Waals surface area contributed by atoms with Gasteiger partial charge >= 0.3 is 0 Å². The number of aryl methyl sites for hydroxylation is 1. The molecule has 4 rings (SSSR count). The van der Waals surface area contributed by atoms with Crippen LogP contribution in [0.2, 0.25) is 0 Å². The van der Waals surface area contributed by atoms with E-state index in [0.717, 1.165) is 35.6 Å². The summed E-state index contributed by atoms with van der Waals surface area (Å²) in [6.45, 7) is 1.62. The molecule has 0 N–H and O–H groups in total. The van der Waals surface area contributed by atoms with Gasteiger partial charge in [0.05, 0.1) is 22.5 Å². The molecule has 0 spiro atoms. The zero-order valence-electron chi connectivity index (χ0n) is 17.3. The first-order valence-electron chi connectivity index (χ1n) is 10.1. The summed E-state index contributed by atoms with van der Waals surface area (Å²) in [5.74, 6) is 2.32. The van der Waals surface area contributed by atoms with Crippen molar-refractivity contribution in [1.29, 1.82) is 0 Å². The minimum absolute atomic E-state index is 0.285. The van der Waals surface area contributed by atoms with Gasteiger partial charge in [-0.25, -0.2) is 13.4 Å². The molecular formula is C24H24N2O4S. The topological polar surface area (TPSA) is 70.4 Å². The largest absolute Gasteiger partial charge is 0.494 e. The molecule has 0 aliphatic carbocycles. The number of benzene rings is 3. The van der Waals surface area contributed by atoms with Gasteiger partial charge in [0.2, 0.25) is 0 Å². The molecule has 0 saturated heterocycles. The Morgan fingerprint density at radius 3 is 2.26 bits per heavy atom. The van der Waals surface area contributed by atoms with Crippen molar-refractivity contribution in [2.75, 3.05) is 12.9 Å². The van der Waals surface area contributed by atoms with E-state index in [1.54, 1.807) is 24.3 Å². The third-order valence-electron chi connectivity index (χ3n) is 4.89. The highest BCUT2D eigenvalue weighted by molar-refractivity contribution is 7.90. The Balaban J connectivity index is 1.40. The fraction of sp³-hybridized carbons (Fsp3) is 0.208. The van der Waals surface area contributed by atoms with Crippen LogP contribution < -0.4 is 9.47 Å². The van der Waals surface area contributed by atoms with Crippen LogP contribution in [0.5, 0.6) is 11.5 Å². The first-order chi connectivity index (χ1) is 15.0. The molecule has 0 fully saturated rings. The lowest BCUT2D eigenvalue weighted by atomic mass is 10.3. The maximum Gasteiger partial charge on any atom is 0.175 e. The maximum atomic E-state index is 11.6. The van der Waals surface area contributed by atoms with E-state index >= 15 is 0 Å². The van der Waals surface area contributed by atoms with Gasteiger partial charge in [0.15, 0.2) is 9.84 Å². The number of aromatic nitrogens is 2. The third-order valence-corrected chi connectivity index (χ3v) is 6.02. The maximum absolute atomic E-state index is 11.6. The van der Waals surface area contributed by atoms with Gasteiger partial charge in [0.25, 0.3) is 0 Å². The van der Waals surface area contributed by atoms with E-state index in [4.69, 9.17) is 14.5 Å². The quantitative estimate of drug-likeness (QED) is 0.362. The van der Waals surface area contributed by atoms with Crippen molar-refractivity contribution in [3.8, 4) is 11.5 Å². The summed E-state index contributed by atoms with van der Waals surface area (Å²) in [6, 6.07) is 24.2. The summed E-state index contributed by atoms with van der Waals surface area (Å²) in [7, 11) is -3.20. The lowest BCUT2D eigenvalue weighted by molar-refractivity contribution is 0.280. The molecule has 0 saturated carbocycles. The molecule has 0 unspecified atom stereocenters. The summed E-state index contributed by atoms with van der Waals surface area (Å²) >= 11 is 0. The second-order valence-electron chi connectivity index (χ2n) is 7.22. The van der Waals surface area contributed by atoms with Crippen molar-refractivity contribution in [2.24, 2.45) is 0 Å². The first kappa shape index (κ1) is 20.9. The van der Waals surface area contributed by atoms with Gasteiger partial charge in [-0.15, -0.1) is 0 Å². The van der Waals surface area contributed by atoms with Crippen LogP contribution in [0.15, 0.2) is 83.8 Å². The minimum Gasteiger partial charge on any atom is -0.494 e. The van der Waals surface area contributed by atoms with Crippen LogP contribution in [0.3, 0.4) is 0 Å². The van der Waals surface area contributed by atoms with Gasteiger partial charge in [0.1, 0.15) is 23.9 Å². The molecule has 0 aliphatic heterocycles. The van der Waals surface area contributed by atoms with Crippen molar-refractivity contribution in [3.63, 3.8) is 0 Å². The Morgan fingerprint density at radius 2 is 1.52 bits per heavy atom. The number of hydrogen-bond acceptors (Lipinski definition) is 5. The van der Waals surface area contributed by atoms with E-state index in [1.807, 2.05) is 48.5 Å². The number of rotatable bonds is 9. The van der Waals surface area contributed by atoms with Crippen LogP contribution in [-0.2, 0) is 23.0 Å². The van der Waals surface area contributed by atoms with E-state index in [1.165, 1.54) is 6.26 Å². The molecule has 0 amide bonds. The van der Waals surface area contributed by atoms with Crippen LogP contribution in [-0.4, -0.2) is 30.8 Å². The Hall–Kier alpha value is -3.32. The second kappa shape index (κ2) is 9.22. The summed E-state index contributed by atoms with van der Waals surface area (Å²) < 4.78 is 37.0. The smallest absolute Gasteiger partial charge is 0.175 e. The first-order valence-corrected chi connectivity index (χ1v) is 11.9. The summed E-state index contributed by atoms with van der Waals surface area (Å²) in [4.78, 5) is 5.02. The zero-order chi connectivity index (χ0) is 21.7. The lowest BCUT2D eigenvalue weighted by Crippen LogP contribution is -2.10. The molecule has 0 aliphatic rings. The fourth-order valence-corrected chi connectivity index (χ4v) is 3.98. The number of para-hydroxylation sites is 3. The zero-order valence-corrected chi connectivity index (χ0v) is 18.1. The molecule has 0 radical (unpaired) electrons. The van der Waals surface area contributed by atoms with Crippen molar-refractivity contribution < 1.29 is 17.9 Å². The fourth-order valence-electron chi connectivity index (χ4n) is 3.35. The number of sulfone groups is 1. The summed E-state index contributed by atoms with van der Waals surface area (Å²) in [5, 5.41) is 0. The highest BCUT2D eigenvalue weighted by Crippen LogP contribution is 2.20. The highest BCUT2D eigenvalue weighted by Gasteiger charge is 2.11. The molecule has 3 aromatic carbocycles. The SMILES string of the molecule is CS(=O)(=O)c1ccc(OCCCn2c(COc3ccccc3)nc3ccccc32)cc1. The number of imidazole rings is 1. The summed E-state index contributed by atoms with van der Waals surface area (Å²) in [5.41, 5.74) is 2.00. The normalized spacial score (nSPS) is 11.5. The highest BCUT2D eigenvalue weighted by atomic mass is 32.2. The second-order valence-corrected chi connectivity index (χ2v) is 9.23. The van der Waals surface area contributed by atoms with E-state index in [0.29, 0.717) is 19.0 Å². The Bertz CT molecular complexity index is 1250. The molecule has 160 valence electrons. The van der Waals surface area contributed by atoms with E-state index in [9.17, 15) is 8.42 Å². The van der Waals surface area contributed by atoms with Crippen molar-refractivity contribution in [1.82, 2.24) is 9.55 Å². The molecule has 0 atom stereocenters. The lowest BCUT2D eigenvalue weighted by Gasteiger charge is -2.11. The molecular weight excluding hydrogens is 412 g/mol. The van der Waals surface area contributed by atoms with Crippen LogP contribution >= 0.6 is 0 Å². The van der Waals surface area contributed by atoms with Crippen LogP contribution in [0.4, 0.5) is 0 Å². The van der Waals surface area contributed by atoms with Gasteiger partial charge in [0, 0.05) is 12.8 Å². The standard InChI is InChI=1S/C24H24N2O4S/c1-31(27,28)21-14-12-20(13-15-21)29-17-7-16-26-23-11-6-5-10-22(23)25-24(26)18-30-19-8-3-2-4-9-19/h2-6,8-15H,7,16-18H2,1H3. The number of hydrogen-bond donors (Lipinski definition) is 0. The monoisotopic (exact) mass is 436 g/mol. The average Bonchev–Trinajstić information content (AvgIpc) is 3.13. The molecule has 7 heteroatoms. The Labute approximate surface area is 182 Å². The number of ether oxygens (including phenoxy) is 2. The van der Waals surface area contributed by atoms with Crippen LogP contribution in [0, 0.1) is 0 Å². The third kappa shape index (κ3) is 5.24. The van der Waals surface area contributed by atoms with E-state index in [2.05, 4.69) is 10.6 Å². The van der Waals surface area contributed by atoms with E-state index < -0.39 is 9.84 Å². The molecule has 4 aromatic rings.